The van der Waals surface area contributed by atoms with E-state index in [9.17, 15) is 0 Å². The van der Waals surface area contributed by atoms with Crippen LogP contribution in [0, 0.1) is 11.3 Å². The lowest BCUT2D eigenvalue weighted by Gasteiger charge is -2.36. The first-order valence-electron chi connectivity index (χ1n) is 5.91. The van der Waals surface area contributed by atoms with Crippen LogP contribution < -0.4 is 4.43 Å². The van der Waals surface area contributed by atoms with Crippen LogP contribution in [-0.4, -0.2) is 8.32 Å². The minimum absolute atomic E-state index is 0.193. The van der Waals surface area contributed by atoms with Gasteiger partial charge in [-0.25, -0.2) is 0 Å². The first-order chi connectivity index (χ1) is 7.76. The van der Waals surface area contributed by atoms with E-state index < -0.39 is 8.32 Å². The molecule has 0 amide bonds. The maximum atomic E-state index is 8.69. The van der Waals surface area contributed by atoms with Gasteiger partial charge in [0.15, 0.2) is 0 Å². The molecule has 0 unspecified atom stereocenters. The molecule has 0 atom stereocenters. The summed E-state index contributed by atoms with van der Waals surface area (Å²) < 4.78 is 6.18. The molecule has 0 saturated heterocycles. The molecule has 3 heteroatoms. The molecule has 0 spiro atoms. The fraction of sp³-hybridized carbons (Fsp3) is 0.500. The Morgan fingerprint density at radius 2 is 1.94 bits per heavy atom. The molecule has 92 valence electrons. The Labute approximate surface area is 105 Å². The van der Waals surface area contributed by atoms with Crippen molar-refractivity contribution in [2.45, 2.75) is 45.3 Å². The van der Waals surface area contributed by atoms with E-state index in [-0.39, 0.29) is 5.04 Å². The number of rotatable bonds is 3. The summed E-state index contributed by atoms with van der Waals surface area (Å²) in [5, 5.41) is 8.88. The van der Waals surface area contributed by atoms with E-state index in [1.54, 1.807) is 0 Å². The third-order valence-corrected chi connectivity index (χ3v) is 7.72. The summed E-state index contributed by atoms with van der Waals surface area (Å²) in [7, 11) is -1.77. The molecule has 0 aromatic heterocycles. The number of hydrogen-bond acceptors (Lipinski definition) is 2. The Hall–Kier alpha value is -1.27. The van der Waals surface area contributed by atoms with E-state index in [4.69, 9.17) is 9.69 Å². The van der Waals surface area contributed by atoms with Crippen LogP contribution in [0.15, 0.2) is 24.3 Å². The third kappa shape index (κ3) is 3.60. The molecule has 17 heavy (non-hydrogen) atoms. The van der Waals surface area contributed by atoms with E-state index in [0.29, 0.717) is 6.42 Å². The standard InChI is InChI=1S/C14H21NOSi/c1-14(2,3)17(4,5)16-13-8-6-7-12(11-13)9-10-15/h6-8,11H,9H2,1-5H3. The molecule has 0 heterocycles. The lowest BCUT2D eigenvalue weighted by molar-refractivity contribution is 0.492. The van der Waals surface area contributed by atoms with Gasteiger partial charge in [-0.1, -0.05) is 32.9 Å². The van der Waals surface area contributed by atoms with Crippen molar-refractivity contribution in [2.24, 2.45) is 0 Å². The average Bonchev–Trinajstić information content (AvgIpc) is 2.16. The summed E-state index contributed by atoms with van der Waals surface area (Å²) in [6, 6.07) is 10.0. The van der Waals surface area contributed by atoms with Crippen molar-refractivity contribution in [2.75, 3.05) is 0 Å². The van der Waals surface area contributed by atoms with Gasteiger partial charge in [-0.15, -0.1) is 0 Å². The van der Waals surface area contributed by atoms with E-state index in [2.05, 4.69) is 39.9 Å². The van der Waals surface area contributed by atoms with E-state index in [0.717, 1.165) is 11.3 Å². The molecule has 0 bridgehead atoms. The minimum atomic E-state index is -1.77. The average molecular weight is 247 g/mol. The number of benzene rings is 1. The topological polar surface area (TPSA) is 33.0 Å². The Morgan fingerprint density at radius 3 is 2.47 bits per heavy atom. The van der Waals surface area contributed by atoms with Crippen molar-refractivity contribution in [3.63, 3.8) is 0 Å². The van der Waals surface area contributed by atoms with Crippen LogP contribution in [0.1, 0.15) is 26.3 Å². The van der Waals surface area contributed by atoms with Gasteiger partial charge >= 0.3 is 0 Å². The maximum Gasteiger partial charge on any atom is 0.250 e. The van der Waals surface area contributed by atoms with E-state index in [1.807, 2.05) is 24.3 Å². The first-order valence-corrected chi connectivity index (χ1v) is 8.82. The van der Waals surface area contributed by atoms with Gasteiger partial charge < -0.3 is 4.43 Å². The summed E-state index contributed by atoms with van der Waals surface area (Å²) in [5.74, 6) is 0.893. The van der Waals surface area contributed by atoms with Crippen molar-refractivity contribution in [1.29, 1.82) is 5.26 Å². The Bertz CT molecular complexity index is 427. The van der Waals surface area contributed by atoms with Gasteiger partial charge in [0.05, 0.1) is 12.5 Å². The smallest absolute Gasteiger partial charge is 0.250 e. The second-order valence-electron chi connectivity index (χ2n) is 5.84. The number of hydrogen-bond donors (Lipinski definition) is 0. The highest BCUT2D eigenvalue weighted by Gasteiger charge is 2.38. The molecule has 1 aromatic carbocycles. The second-order valence-corrected chi connectivity index (χ2v) is 10.6. The maximum absolute atomic E-state index is 8.69. The molecular formula is C14H21NOSi. The number of nitrogens with zero attached hydrogens (tertiary/aromatic N) is 1. The highest BCUT2D eigenvalue weighted by atomic mass is 28.4. The van der Waals surface area contributed by atoms with Gasteiger partial charge in [-0.05, 0) is 35.8 Å². The molecule has 0 fully saturated rings. The molecule has 0 saturated carbocycles. The minimum Gasteiger partial charge on any atom is -0.543 e. The summed E-state index contributed by atoms with van der Waals surface area (Å²) in [5.41, 5.74) is 1.02. The quantitative estimate of drug-likeness (QED) is 0.752. The summed E-state index contributed by atoms with van der Waals surface area (Å²) >= 11 is 0. The zero-order chi connectivity index (χ0) is 13.1. The Morgan fingerprint density at radius 1 is 1.29 bits per heavy atom. The molecule has 2 nitrogen and oxygen atoms in total. The lowest BCUT2D eigenvalue weighted by Crippen LogP contribution is -2.43. The van der Waals surface area contributed by atoms with Crippen molar-refractivity contribution < 1.29 is 4.43 Å². The molecule has 0 radical (unpaired) electrons. The van der Waals surface area contributed by atoms with Crippen molar-refractivity contribution in [3.05, 3.63) is 29.8 Å². The van der Waals surface area contributed by atoms with Crippen LogP contribution in [0.5, 0.6) is 5.75 Å². The molecule has 1 aromatic rings. The summed E-state index contributed by atoms with van der Waals surface area (Å²) in [6.45, 7) is 11.1. The first kappa shape index (κ1) is 13.8. The molecule has 0 aliphatic rings. The van der Waals surface area contributed by atoms with E-state index in [1.165, 1.54) is 0 Å². The zero-order valence-electron chi connectivity index (χ0n) is 11.4. The van der Waals surface area contributed by atoms with Crippen LogP contribution >= 0.6 is 0 Å². The van der Waals surface area contributed by atoms with E-state index >= 15 is 0 Å². The van der Waals surface area contributed by atoms with Gasteiger partial charge in [-0.3, -0.25) is 0 Å². The van der Waals surface area contributed by atoms with Crippen molar-refractivity contribution in [1.82, 2.24) is 0 Å². The normalized spacial score (nSPS) is 12.0. The fourth-order valence-electron chi connectivity index (χ4n) is 1.26. The molecule has 0 N–H and O–H groups in total. The van der Waals surface area contributed by atoms with Gasteiger partial charge in [0.25, 0.3) is 0 Å². The predicted octanol–water partition coefficient (Wildman–Crippen LogP) is 4.14. The fourth-order valence-corrected chi connectivity index (χ4v) is 2.28. The summed E-state index contributed by atoms with van der Waals surface area (Å²) in [4.78, 5) is 0. The molecule has 0 aliphatic heterocycles. The van der Waals surface area contributed by atoms with Gasteiger partial charge in [0, 0.05) is 0 Å². The zero-order valence-corrected chi connectivity index (χ0v) is 12.4. The van der Waals surface area contributed by atoms with Crippen LogP contribution in [0.3, 0.4) is 0 Å². The molecule has 0 aliphatic carbocycles. The van der Waals surface area contributed by atoms with Crippen LogP contribution in [0.4, 0.5) is 0 Å². The lowest BCUT2D eigenvalue weighted by atomic mass is 10.2. The SMILES string of the molecule is CC(C)(C)[Si](C)(C)Oc1cccc(CC#N)c1. The largest absolute Gasteiger partial charge is 0.543 e. The highest BCUT2D eigenvalue weighted by molar-refractivity contribution is 6.74. The van der Waals surface area contributed by atoms with Gasteiger partial charge in [-0.2, -0.15) is 5.26 Å². The van der Waals surface area contributed by atoms with Gasteiger partial charge in [0.2, 0.25) is 8.32 Å². The Balaban J connectivity index is 2.89. The summed E-state index contributed by atoms with van der Waals surface area (Å²) in [6.07, 6.45) is 0.439. The van der Waals surface area contributed by atoms with Crippen molar-refractivity contribution >= 4 is 8.32 Å². The number of nitriles is 1. The predicted molar refractivity (Wildman–Crippen MR) is 73.6 cm³/mol. The van der Waals surface area contributed by atoms with Crippen LogP contribution in [0.25, 0.3) is 0 Å². The highest BCUT2D eigenvalue weighted by Crippen LogP contribution is 2.37. The Kier molecular flexibility index (Phi) is 4.00. The second kappa shape index (κ2) is 4.93. The van der Waals surface area contributed by atoms with Gasteiger partial charge in [0.1, 0.15) is 5.75 Å². The molecular weight excluding hydrogens is 226 g/mol. The molecule has 1 rings (SSSR count). The van der Waals surface area contributed by atoms with Crippen molar-refractivity contribution in [3.8, 4) is 11.8 Å². The van der Waals surface area contributed by atoms with Crippen LogP contribution in [0.2, 0.25) is 18.1 Å². The third-order valence-electron chi connectivity index (χ3n) is 3.36. The monoisotopic (exact) mass is 247 g/mol. The van der Waals surface area contributed by atoms with Crippen LogP contribution in [-0.2, 0) is 6.42 Å².